The summed E-state index contributed by atoms with van der Waals surface area (Å²) >= 11 is 0. The predicted octanol–water partition coefficient (Wildman–Crippen LogP) is 2.58. The van der Waals surface area contributed by atoms with Gasteiger partial charge in [0.15, 0.2) is 0 Å². The number of nitrogens with zero attached hydrogens (tertiary/aromatic N) is 1. The van der Waals surface area contributed by atoms with Crippen LogP contribution in [0.3, 0.4) is 0 Å². The zero-order valence-corrected chi connectivity index (χ0v) is 11.5. The normalized spacial score (nSPS) is 29.2. The van der Waals surface area contributed by atoms with E-state index in [1.165, 1.54) is 36.8 Å². The Balaban J connectivity index is 1.79. The predicted molar refractivity (Wildman–Crippen MR) is 79.0 cm³/mol. The molecule has 3 rings (SSSR count). The Morgan fingerprint density at radius 2 is 2.05 bits per heavy atom. The smallest absolute Gasteiger partial charge is 0.104 e. The van der Waals surface area contributed by atoms with Crippen LogP contribution in [0.4, 0.5) is 0 Å². The highest BCUT2D eigenvalue weighted by atomic mass is 16.3. The molecule has 0 unspecified atom stereocenters. The lowest BCUT2D eigenvalue weighted by Gasteiger charge is -2.42. The SMILES string of the molecule is N#C[C@H]1N[C@H](CO)[C@@H]1c1ccc(C2=CCCCC2)cc1. The molecule has 0 radical (unpaired) electrons. The van der Waals surface area contributed by atoms with Gasteiger partial charge in [0.2, 0.25) is 0 Å². The highest BCUT2D eigenvalue weighted by molar-refractivity contribution is 5.66. The molecule has 104 valence electrons. The maximum absolute atomic E-state index is 9.31. The molecule has 0 saturated carbocycles. The summed E-state index contributed by atoms with van der Waals surface area (Å²) in [5, 5.41) is 21.5. The molecule has 1 heterocycles. The Labute approximate surface area is 119 Å². The second-order valence-electron chi connectivity index (χ2n) is 5.69. The summed E-state index contributed by atoms with van der Waals surface area (Å²) in [4.78, 5) is 0. The highest BCUT2D eigenvalue weighted by Gasteiger charge is 2.41. The molecule has 3 heteroatoms. The first kappa shape index (κ1) is 13.4. The largest absolute Gasteiger partial charge is 0.395 e. The van der Waals surface area contributed by atoms with Crippen molar-refractivity contribution < 1.29 is 5.11 Å². The molecule has 1 aromatic carbocycles. The van der Waals surface area contributed by atoms with Crippen LogP contribution in [0, 0.1) is 11.3 Å². The van der Waals surface area contributed by atoms with Gasteiger partial charge < -0.3 is 5.11 Å². The molecule has 20 heavy (non-hydrogen) atoms. The van der Waals surface area contributed by atoms with Crippen molar-refractivity contribution in [2.75, 3.05) is 6.61 Å². The average molecular weight is 268 g/mol. The van der Waals surface area contributed by atoms with Gasteiger partial charge in [0.1, 0.15) is 6.04 Å². The van der Waals surface area contributed by atoms with Gasteiger partial charge in [-0.3, -0.25) is 5.32 Å². The van der Waals surface area contributed by atoms with Crippen molar-refractivity contribution in [3.8, 4) is 6.07 Å². The standard InChI is InChI=1S/C17H20N2O/c18-10-15-17(16(11-20)19-15)14-8-6-13(7-9-14)12-4-2-1-3-5-12/h4,6-9,15-17,19-20H,1-3,5,11H2/t15-,16-,17-/m1/s1. The van der Waals surface area contributed by atoms with Crippen LogP contribution in [0.5, 0.6) is 0 Å². The summed E-state index contributed by atoms with van der Waals surface area (Å²) in [6, 6.07) is 10.6. The van der Waals surface area contributed by atoms with Crippen molar-refractivity contribution >= 4 is 5.57 Å². The monoisotopic (exact) mass is 268 g/mol. The quantitative estimate of drug-likeness (QED) is 0.886. The van der Waals surface area contributed by atoms with E-state index in [9.17, 15) is 5.11 Å². The van der Waals surface area contributed by atoms with Crippen LogP contribution in [0.15, 0.2) is 30.3 Å². The maximum Gasteiger partial charge on any atom is 0.104 e. The van der Waals surface area contributed by atoms with Gasteiger partial charge in [0, 0.05) is 12.0 Å². The zero-order chi connectivity index (χ0) is 13.9. The van der Waals surface area contributed by atoms with Crippen molar-refractivity contribution in [1.29, 1.82) is 5.26 Å². The molecular weight excluding hydrogens is 248 g/mol. The third-order valence-corrected chi connectivity index (χ3v) is 4.48. The van der Waals surface area contributed by atoms with E-state index >= 15 is 0 Å². The maximum atomic E-state index is 9.31. The van der Waals surface area contributed by atoms with Gasteiger partial charge in [-0.05, 0) is 42.4 Å². The summed E-state index contributed by atoms with van der Waals surface area (Å²) in [6.07, 6.45) is 7.29. The van der Waals surface area contributed by atoms with Crippen molar-refractivity contribution in [3.05, 3.63) is 41.5 Å². The first-order chi connectivity index (χ1) is 9.83. The number of nitriles is 1. The summed E-state index contributed by atoms with van der Waals surface area (Å²) in [5.41, 5.74) is 3.90. The third-order valence-electron chi connectivity index (χ3n) is 4.48. The van der Waals surface area contributed by atoms with E-state index < -0.39 is 0 Å². The van der Waals surface area contributed by atoms with Crippen LogP contribution < -0.4 is 5.32 Å². The molecule has 0 spiro atoms. The lowest BCUT2D eigenvalue weighted by molar-refractivity contribution is 0.151. The molecule has 1 aliphatic carbocycles. The Hall–Kier alpha value is -1.63. The second-order valence-corrected chi connectivity index (χ2v) is 5.69. The zero-order valence-electron chi connectivity index (χ0n) is 11.5. The second kappa shape index (κ2) is 5.78. The van der Waals surface area contributed by atoms with Gasteiger partial charge in [-0.2, -0.15) is 5.26 Å². The molecule has 0 amide bonds. The van der Waals surface area contributed by atoms with Crippen molar-refractivity contribution in [2.24, 2.45) is 0 Å². The minimum absolute atomic E-state index is 0.0133. The van der Waals surface area contributed by atoms with Crippen LogP contribution >= 0.6 is 0 Å². The number of allylic oxidation sites excluding steroid dienone is 2. The first-order valence-electron chi connectivity index (χ1n) is 7.39. The van der Waals surface area contributed by atoms with E-state index in [1.54, 1.807) is 0 Å². The number of rotatable bonds is 3. The van der Waals surface area contributed by atoms with Gasteiger partial charge in [0.05, 0.1) is 12.7 Å². The van der Waals surface area contributed by atoms with Crippen molar-refractivity contribution in [1.82, 2.24) is 5.32 Å². The molecule has 0 bridgehead atoms. The van der Waals surface area contributed by atoms with Gasteiger partial charge in [-0.15, -0.1) is 0 Å². The number of benzene rings is 1. The fourth-order valence-electron chi connectivity index (χ4n) is 3.28. The minimum Gasteiger partial charge on any atom is -0.395 e. The number of nitrogens with one attached hydrogen (secondary N) is 1. The van der Waals surface area contributed by atoms with E-state index in [4.69, 9.17) is 5.26 Å². The van der Waals surface area contributed by atoms with E-state index in [2.05, 4.69) is 41.7 Å². The average Bonchev–Trinajstić information content (AvgIpc) is 2.49. The summed E-state index contributed by atoms with van der Waals surface area (Å²) in [7, 11) is 0. The summed E-state index contributed by atoms with van der Waals surface area (Å²) < 4.78 is 0. The van der Waals surface area contributed by atoms with Crippen molar-refractivity contribution in [2.45, 2.75) is 43.7 Å². The van der Waals surface area contributed by atoms with Crippen LogP contribution in [-0.4, -0.2) is 23.8 Å². The summed E-state index contributed by atoms with van der Waals surface area (Å²) in [5.74, 6) is 0.111. The Bertz CT molecular complexity index is 541. The van der Waals surface area contributed by atoms with E-state index in [1.807, 2.05) is 0 Å². The van der Waals surface area contributed by atoms with E-state index in [0.29, 0.717) is 0 Å². The fraction of sp³-hybridized carbons (Fsp3) is 0.471. The molecule has 3 atom stereocenters. The molecule has 2 aliphatic rings. The third kappa shape index (κ3) is 2.37. The van der Waals surface area contributed by atoms with Crippen LogP contribution in [-0.2, 0) is 0 Å². The highest BCUT2D eigenvalue weighted by Crippen LogP contribution is 2.33. The molecule has 1 aliphatic heterocycles. The molecular formula is C17H20N2O. The fourth-order valence-corrected chi connectivity index (χ4v) is 3.28. The Morgan fingerprint density at radius 1 is 1.25 bits per heavy atom. The van der Waals surface area contributed by atoms with Gasteiger partial charge >= 0.3 is 0 Å². The first-order valence-corrected chi connectivity index (χ1v) is 7.39. The van der Waals surface area contributed by atoms with Crippen molar-refractivity contribution in [3.63, 3.8) is 0 Å². The Kier molecular flexibility index (Phi) is 3.86. The van der Waals surface area contributed by atoms with Gasteiger partial charge in [-0.25, -0.2) is 0 Å². The van der Waals surface area contributed by atoms with E-state index in [0.717, 1.165) is 5.56 Å². The summed E-state index contributed by atoms with van der Waals surface area (Å²) in [6.45, 7) is 0.0791. The van der Waals surface area contributed by atoms with Gasteiger partial charge in [0.25, 0.3) is 0 Å². The van der Waals surface area contributed by atoms with Crippen LogP contribution in [0.1, 0.15) is 42.7 Å². The lowest BCUT2D eigenvalue weighted by atomic mass is 9.78. The molecule has 1 fully saturated rings. The molecule has 3 nitrogen and oxygen atoms in total. The minimum atomic E-state index is -0.174. The number of aliphatic hydroxyl groups excluding tert-OH is 1. The molecule has 2 N–H and O–H groups in total. The number of hydrogen-bond acceptors (Lipinski definition) is 3. The van der Waals surface area contributed by atoms with Crippen LogP contribution in [0.2, 0.25) is 0 Å². The number of hydrogen-bond donors (Lipinski definition) is 2. The van der Waals surface area contributed by atoms with Crippen LogP contribution in [0.25, 0.3) is 5.57 Å². The Morgan fingerprint density at radius 3 is 2.65 bits per heavy atom. The van der Waals surface area contributed by atoms with Gasteiger partial charge in [-0.1, -0.05) is 30.3 Å². The number of aliphatic hydroxyl groups is 1. The molecule has 1 saturated heterocycles. The topological polar surface area (TPSA) is 56.0 Å². The lowest BCUT2D eigenvalue weighted by Crippen LogP contribution is -2.60. The molecule has 0 aromatic heterocycles. The van der Waals surface area contributed by atoms with E-state index in [-0.39, 0.29) is 24.6 Å². The molecule has 1 aromatic rings.